The summed E-state index contributed by atoms with van der Waals surface area (Å²) in [6.07, 6.45) is 2.99. The number of aryl methyl sites for hydroxylation is 2. The van der Waals surface area contributed by atoms with Crippen LogP contribution in [0, 0.1) is 0 Å². The molecule has 1 N–H and O–H groups in total. The standard InChI is InChI=1S/C13H16ClN5O/c1-3-10-6-9(7-11(14)17-10)13(20)15-5-4-12-18-16-8-19(12)2/h6-8H,3-5H2,1-2H3,(H,15,20). The summed E-state index contributed by atoms with van der Waals surface area (Å²) in [4.78, 5) is 16.2. The molecule has 1 amide bonds. The molecule has 0 unspecified atom stereocenters. The van der Waals surface area contributed by atoms with Gasteiger partial charge in [0.05, 0.1) is 0 Å². The Hall–Kier alpha value is -1.95. The lowest BCUT2D eigenvalue weighted by molar-refractivity contribution is 0.0953. The van der Waals surface area contributed by atoms with Crippen LogP contribution in [-0.2, 0) is 19.9 Å². The highest BCUT2D eigenvalue weighted by Gasteiger charge is 2.09. The third kappa shape index (κ3) is 3.54. The summed E-state index contributed by atoms with van der Waals surface area (Å²) in [6.45, 7) is 2.46. The molecule has 6 nitrogen and oxygen atoms in total. The molecular formula is C13H16ClN5O. The Kier molecular flexibility index (Phi) is 4.68. The minimum atomic E-state index is -0.161. The van der Waals surface area contributed by atoms with Crippen LogP contribution in [0.1, 0.15) is 28.8 Å². The minimum Gasteiger partial charge on any atom is -0.352 e. The first-order valence-corrected chi connectivity index (χ1v) is 6.75. The molecule has 7 heteroatoms. The van der Waals surface area contributed by atoms with Crippen molar-refractivity contribution in [2.75, 3.05) is 6.54 Å². The number of carbonyl (C=O) groups is 1. The van der Waals surface area contributed by atoms with Gasteiger partial charge in [-0.25, -0.2) is 4.98 Å². The maximum atomic E-state index is 12.0. The van der Waals surface area contributed by atoms with Gasteiger partial charge in [-0.2, -0.15) is 0 Å². The van der Waals surface area contributed by atoms with Crippen LogP contribution in [-0.4, -0.2) is 32.2 Å². The van der Waals surface area contributed by atoms with Crippen molar-refractivity contribution >= 4 is 17.5 Å². The molecule has 0 aliphatic carbocycles. The van der Waals surface area contributed by atoms with E-state index in [1.165, 1.54) is 0 Å². The second-order valence-corrected chi connectivity index (χ2v) is 4.77. The fourth-order valence-electron chi connectivity index (χ4n) is 1.79. The van der Waals surface area contributed by atoms with Gasteiger partial charge in [-0.05, 0) is 18.6 Å². The minimum absolute atomic E-state index is 0.161. The van der Waals surface area contributed by atoms with Gasteiger partial charge in [-0.15, -0.1) is 10.2 Å². The van der Waals surface area contributed by atoms with Gasteiger partial charge in [-0.1, -0.05) is 18.5 Å². The van der Waals surface area contributed by atoms with Crippen molar-refractivity contribution in [1.82, 2.24) is 25.1 Å². The zero-order valence-corrected chi connectivity index (χ0v) is 12.2. The quantitative estimate of drug-likeness (QED) is 0.846. The number of nitrogens with zero attached hydrogens (tertiary/aromatic N) is 4. The number of aromatic nitrogens is 4. The molecular weight excluding hydrogens is 278 g/mol. The second-order valence-electron chi connectivity index (χ2n) is 4.39. The Bertz CT molecular complexity index is 611. The highest BCUT2D eigenvalue weighted by Crippen LogP contribution is 2.11. The van der Waals surface area contributed by atoms with E-state index in [9.17, 15) is 4.79 Å². The number of hydrogen-bond acceptors (Lipinski definition) is 4. The number of hydrogen-bond donors (Lipinski definition) is 1. The lowest BCUT2D eigenvalue weighted by Crippen LogP contribution is -2.26. The molecule has 2 heterocycles. The fraction of sp³-hybridized carbons (Fsp3) is 0.385. The molecule has 0 aliphatic rings. The molecule has 0 radical (unpaired) electrons. The van der Waals surface area contributed by atoms with E-state index in [2.05, 4.69) is 20.5 Å². The molecule has 0 saturated heterocycles. The van der Waals surface area contributed by atoms with Gasteiger partial charge in [0.2, 0.25) is 0 Å². The number of carbonyl (C=O) groups excluding carboxylic acids is 1. The van der Waals surface area contributed by atoms with E-state index in [0.717, 1.165) is 17.9 Å². The zero-order valence-electron chi connectivity index (χ0n) is 11.4. The van der Waals surface area contributed by atoms with Gasteiger partial charge < -0.3 is 9.88 Å². The monoisotopic (exact) mass is 293 g/mol. The first-order chi connectivity index (χ1) is 9.60. The average molecular weight is 294 g/mol. The third-order valence-corrected chi connectivity index (χ3v) is 3.10. The Labute approximate surface area is 122 Å². The number of amides is 1. The Morgan fingerprint density at radius 1 is 1.45 bits per heavy atom. The van der Waals surface area contributed by atoms with E-state index in [4.69, 9.17) is 11.6 Å². The molecule has 0 fully saturated rings. The van der Waals surface area contributed by atoms with Crippen molar-refractivity contribution in [2.24, 2.45) is 7.05 Å². The van der Waals surface area contributed by atoms with Crippen LogP contribution in [0.2, 0.25) is 5.15 Å². The number of halogens is 1. The normalized spacial score (nSPS) is 10.6. The maximum Gasteiger partial charge on any atom is 0.251 e. The topological polar surface area (TPSA) is 72.7 Å². The van der Waals surface area contributed by atoms with Crippen molar-refractivity contribution in [3.8, 4) is 0 Å². The molecule has 2 rings (SSSR count). The SMILES string of the molecule is CCc1cc(C(=O)NCCc2nncn2C)cc(Cl)n1. The largest absolute Gasteiger partial charge is 0.352 e. The van der Waals surface area contributed by atoms with Crippen LogP contribution >= 0.6 is 11.6 Å². The van der Waals surface area contributed by atoms with Gasteiger partial charge in [-0.3, -0.25) is 4.79 Å². The number of pyridine rings is 1. The fourth-order valence-corrected chi connectivity index (χ4v) is 2.01. The van der Waals surface area contributed by atoms with Crippen LogP contribution in [0.3, 0.4) is 0 Å². The van der Waals surface area contributed by atoms with Gasteiger partial charge >= 0.3 is 0 Å². The summed E-state index contributed by atoms with van der Waals surface area (Å²) in [5, 5.41) is 10.9. The summed E-state index contributed by atoms with van der Waals surface area (Å²) in [5.41, 5.74) is 1.33. The first-order valence-electron chi connectivity index (χ1n) is 6.37. The highest BCUT2D eigenvalue weighted by atomic mass is 35.5. The van der Waals surface area contributed by atoms with Crippen molar-refractivity contribution in [3.05, 3.63) is 40.7 Å². The average Bonchev–Trinajstić information content (AvgIpc) is 2.83. The van der Waals surface area contributed by atoms with E-state index in [1.54, 1.807) is 18.5 Å². The summed E-state index contributed by atoms with van der Waals surface area (Å²) < 4.78 is 1.82. The molecule has 0 atom stereocenters. The van der Waals surface area contributed by atoms with Gasteiger partial charge in [0.15, 0.2) is 0 Å². The molecule has 2 aromatic rings. The molecule has 106 valence electrons. The van der Waals surface area contributed by atoms with E-state index in [0.29, 0.717) is 23.7 Å². The summed E-state index contributed by atoms with van der Waals surface area (Å²) >= 11 is 5.90. The second kappa shape index (κ2) is 6.47. The van der Waals surface area contributed by atoms with E-state index in [1.807, 2.05) is 18.5 Å². The van der Waals surface area contributed by atoms with Crippen molar-refractivity contribution < 1.29 is 4.79 Å². The predicted octanol–water partition coefficient (Wildman–Crippen LogP) is 1.40. The van der Waals surface area contributed by atoms with Gasteiger partial charge in [0.1, 0.15) is 17.3 Å². The van der Waals surface area contributed by atoms with E-state index >= 15 is 0 Å². The Balaban J connectivity index is 1.95. The molecule has 0 bridgehead atoms. The van der Waals surface area contributed by atoms with Crippen LogP contribution < -0.4 is 5.32 Å². The van der Waals surface area contributed by atoms with Crippen molar-refractivity contribution in [3.63, 3.8) is 0 Å². The van der Waals surface area contributed by atoms with Crippen molar-refractivity contribution in [1.29, 1.82) is 0 Å². The summed E-state index contributed by atoms with van der Waals surface area (Å²) in [6, 6.07) is 3.32. The third-order valence-electron chi connectivity index (χ3n) is 2.91. The van der Waals surface area contributed by atoms with Crippen LogP contribution in [0.5, 0.6) is 0 Å². The predicted molar refractivity (Wildman–Crippen MR) is 75.7 cm³/mol. The summed E-state index contributed by atoms with van der Waals surface area (Å²) in [5.74, 6) is 0.665. The van der Waals surface area contributed by atoms with Crippen LogP contribution in [0.4, 0.5) is 0 Å². The number of rotatable bonds is 5. The highest BCUT2D eigenvalue weighted by molar-refractivity contribution is 6.29. The Morgan fingerprint density at radius 3 is 2.90 bits per heavy atom. The zero-order chi connectivity index (χ0) is 14.5. The summed E-state index contributed by atoms with van der Waals surface area (Å²) in [7, 11) is 1.87. The maximum absolute atomic E-state index is 12.0. The smallest absolute Gasteiger partial charge is 0.251 e. The Morgan fingerprint density at radius 2 is 2.25 bits per heavy atom. The molecule has 0 spiro atoms. The lowest BCUT2D eigenvalue weighted by atomic mass is 10.2. The lowest BCUT2D eigenvalue weighted by Gasteiger charge is -2.06. The van der Waals surface area contributed by atoms with Crippen molar-refractivity contribution in [2.45, 2.75) is 19.8 Å². The molecule has 0 aromatic carbocycles. The number of nitrogens with one attached hydrogen (secondary N) is 1. The molecule has 20 heavy (non-hydrogen) atoms. The first kappa shape index (κ1) is 14.5. The van der Waals surface area contributed by atoms with E-state index in [-0.39, 0.29) is 5.91 Å². The molecule has 2 aromatic heterocycles. The van der Waals surface area contributed by atoms with E-state index < -0.39 is 0 Å². The van der Waals surface area contributed by atoms with Crippen LogP contribution in [0.15, 0.2) is 18.5 Å². The molecule has 0 saturated carbocycles. The van der Waals surface area contributed by atoms with Gasteiger partial charge in [0.25, 0.3) is 5.91 Å². The van der Waals surface area contributed by atoms with Gasteiger partial charge in [0, 0.05) is 31.3 Å². The van der Waals surface area contributed by atoms with Crippen LogP contribution in [0.25, 0.3) is 0 Å². The molecule has 0 aliphatic heterocycles.